The lowest BCUT2D eigenvalue weighted by atomic mass is 9.77. The van der Waals surface area contributed by atoms with Gasteiger partial charge in [-0.1, -0.05) is 330 Å². The molecule has 1 heteroatoms. The zero-order valence-corrected chi connectivity index (χ0v) is 67.6. The molecule has 1 aromatic heterocycles. The Labute approximate surface area is 630 Å². The number of nitrogens with zero attached hydrogens (tertiary/aromatic N) is 1. The van der Waals surface area contributed by atoms with Crippen LogP contribution in [0, 0.1) is 0 Å². The molecule has 0 aliphatic carbocycles. The number of hydrogen-bond donors (Lipinski definition) is 0. The SMILES string of the molecule is CC(C)(C)c1cc(-c2cc(-c3cc(C(C)(C)C)cc(C(C)(C)C)c3)cc(-c3ccc4c(c3)c3cc(-c5cc(-c6cc(C(C)(C)C)cc(C(C)(C)C)c6)cc(-c6cc(C(C)(C)C)cc(C(C)(C)C)c6)c5)ccc3n4-c3ccccc3-c3cc(-c4ccccc4)cc(-c4ccccc4)c3)c2)cc(C(C)(C)C)c1. The van der Waals surface area contributed by atoms with Crippen LogP contribution in [0.5, 0.6) is 0 Å². The standard InChI is InChI=1S/C104H113N/c1-97(2,3)83-52-78(53-84(62-83)98(4,5)6)74-44-72(45-75(48-74)79-54-85(99(7,8)9)63-86(55-79)100(10,11)12)68-39-41-95-92(60-68)93-61-69(40-42-96(93)105(95)94-38-32-31-37-91(94)82-50-70(66-33-27-25-28-34-66)43-71(51-82)67-35-29-26-30-36-67)73-46-76(80-56-87(101(13,14)15)64-88(57-80)102(16,17)18)49-77(47-73)81-58-89(103(19,20)21)65-90(59-81)104(22,23)24/h25-65H,1-24H3. The quantitative estimate of drug-likeness (QED) is 0.129. The maximum atomic E-state index is 2.56. The minimum Gasteiger partial charge on any atom is -0.309 e. The van der Waals surface area contributed by atoms with Crippen molar-refractivity contribution in [2.75, 3.05) is 0 Å². The van der Waals surface area contributed by atoms with Gasteiger partial charge in [0.05, 0.1) is 16.7 Å². The highest BCUT2D eigenvalue weighted by atomic mass is 15.0. The Bertz CT molecular complexity index is 4820. The summed E-state index contributed by atoms with van der Waals surface area (Å²) < 4.78 is 2.56. The average molecular weight is 1380 g/mol. The van der Waals surface area contributed by atoms with Crippen LogP contribution in [-0.4, -0.2) is 4.57 Å². The summed E-state index contributed by atoms with van der Waals surface area (Å²) in [6.45, 7) is 56.4. The van der Waals surface area contributed by atoms with E-state index in [1.807, 2.05) is 0 Å². The van der Waals surface area contributed by atoms with Gasteiger partial charge in [0.15, 0.2) is 0 Å². The van der Waals surface area contributed by atoms with Crippen LogP contribution in [0.1, 0.15) is 211 Å². The van der Waals surface area contributed by atoms with E-state index in [0.717, 1.165) is 27.8 Å². The lowest BCUT2D eigenvalue weighted by Crippen LogP contribution is -2.16. The van der Waals surface area contributed by atoms with Crippen molar-refractivity contribution in [3.05, 3.63) is 293 Å². The first-order valence-electron chi connectivity index (χ1n) is 38.4. The summed E-state index contributed by atoms with van der Waals surface area (Å²) in [5, 5.41) is 2.39. The second-order valence-corrected chi connectivity index (χ2v) is 38.6. The first-order valence-corrected chi connectivity index (χ1v) is 38.4. The molecular weight excluding hydrogens is 1260 g/mol. The largest absolute Gasteiger partial charge is 0.309 e. The van der Waals surface area contributed by atoms with Crippen LogP contribution < -0.4 is 0 Å². The minimum atomic E-state index is -0.0617. The van der Waals surface area contributed by atoms with Crippen molar-refractivity contribution in [1.29, 1.82) is 0 Å². The van der Waals surface area contributed by atoms with Gasteiger partial charge in [0.25, 0.3) is 0 Å². The predicted molar refractivity (Wildman–Crippen MR) is 459 cm³/mol. The minimum absolute atomic E-state index is 0.0617. The second-order valence-electron chi connectivity index (χ2n) is 38.6. The molecule has 0 fully saturated rings. The molecule has 0 saturated heterocycles. The fraction of sp³-hybridized carbons (Fsp3) is 0.308. The van der Waals surface area contributed by atoms with E-state index >= 15 is 0 Å². The third kappa shape index (κ3) is 15.6. The lowest BCUT2D eigenvalue weighted by molar-refractivity contribution is 0.568. The Morgan fingerprint density at radius 2 is 0.371 bits per heavy atom. The van der Waals surface area contributed by atoms with Crippen molar-refractivity contribution in [3.8, 4) is 106 Å². The van der Waals surface area contributed by atoms with E-state index in [9.17, 15) is 0 Å². The highest BCUT2D eigenvalue weighted by molar-refractivity contribution is 6.12. The summed E-state index contributed by atoms with van der Waals surface area (Å²) >= 11 is 0. The smallest absolute Gasteiger partial charge is 0.0541 e. The van der Waals surface area contributed by atoms with Crippen LogP contribution in [0.15, 0.2) is 249 Å². The van der Waals surface area contributed by atoms with Gasteiger partial charge >= 0.3 is 0 Å². The Morgan fingerprint density at radius 1 is 0.162 bits per heavy atom. The van der Waals surface area contributed by atoms with Crippen molar-refractivity contribution in [3.63, 3.8) is 0 Å². The molecule has 0 atom stereocenters. The second kappa shape index (κ2) is 26.8. The topological polar surface area (TPSA) is 4.93 Å². The molecule has 0 bridgehead atoms. The van der Waals surface area contributed by atoms with E-state index in [0.29, 0.717) is 0 Å². The number of benzene rings is 12. The van der Waals surface area contributed by atoms with Crippen LogP contribution in [0.25, 0.3) is 128 Å². The summed E-state index contributed by atoms with van der Waals surface area (Å²) in [4.78, 5) is 0. The Kier molecular flexibility index (Phi) is 18.8. The molecule has 0 aliphatic rings. The number of aromatic nitrogens is 1. The Morgan fingerprint density at radius 3 is 0.629 bits per heavy atom. The molecule has 1 nitrogen and oxygen atoms in total. The third-order valence-electron chi connectivity index (χ3n) is 21.9. The monoisotopic (exact) mass is 1380 g/mol. The summed E-state index contributed by atoms with van der Waals surface area (Å²) in [6.07, 6.45) is 0. The highest BCUT2D eigenvalue weighted by Crippen LogP contribution is 2.47. The van der Waals surface area contributed by atoms with Gasteiger partial charge in [0, 0.05) is 16.3 Å². The van der Waals surface area contributed by atoms with Gasteiger partial charge in [-0.2, -0.15) is 0 Å². The molecule has 1 heterocycles. The molecule has 0 unspecified atom stereocenters. The Balaban J connectivity index is 1.12. The molecule has 12 aromatic carbocycles. The molecule has 0 amide bonds. The molecule has 0 radical (unpaired) electrons. The maximum absolute atomic E-state index is 2.56. The predicted octanol–water partition coefficient (Wildman–Crippen LogP) is 30.2. The first-order chi connectivity index (χ1) is 49.0. The van der Waals surface area contributed by atoms with E-state index < -0.39 is 0 Å². The van der Waals surface area contributed by atoms with Gasteiger partial charge in [0.2, 0.25) is 0 Å². The van der Waals surface area contributed by atoms with Crippen LogP contribution in [0.3, 0.4) is 0 Å². The van der Waals surface area contributed by atoms with E-state index in [2.05, 4.69) is 419 Å². The van der Waals surface area contributed by atoms with Crippen molar-refractivity contribution >= 4 is 21.8 Å². The molecule has 105 heavy (non-hydrogen) atoms. The fourth-order valence-corrected chi connectivity index (χ4v) is 14.8. The van der Waals surface area contributed by atoms with E-state index in [1.54, 1.807) is 0 Å². The zero-order valence-electron chi connectivity index (χ0n) is 67.6. The van der Waals surface area contributed by atoms with E-state index in [4.69, 9.17) is 0 Å². The van der Waals surface area contributed by atoms with Crippen molar-refractivity contribution in [2.24, 2.45) is 0 Å². The van der Waals surface area contributed by atoms with Gasteiger partial charge in [-0.25, -0.2) is 0 Å². The van der Waals surface area contributed by atoms with E-state index in [1.165, 1.54) is 144 Å². The molecule has 13 rings (SSSR count). The van der Waals surface area contributed by atoms with Crippen molar-refractivity contribution in [2.45, 2.75) is 209 Å². The number of hydrogen-bond acceptors (Lipinski definition) is 0. The van der Waals surface area contributed by atoms with Gasteiger partial charge in [-0.3, -0.25) is 0 Å². The molecule has 0 N–H and O–H groups in total. The van der Waals surface area contributed by atoms with Crippen LogP contribution in [-0.2, 0) is 43.3 Å². The highest BCUT2D eigenvalue weighted by Gasteiger charge is 2.29. The molecule has 0 spiro atoms. The number of rotatable bonds is 10. The fourth-order valence-electron chi connectivity index (χ4n) is 14.8. The van der Waals surface area contributed by atoms with E-state index in [-0.39, 0.29) is 43.3 Å². The van der Waals surface area contributed by atoms with Crippen molar-refractivity contribution in [1.82, 2.24) is 4.57 Å². The maximum Gasteiger partial charge on any atom is 0.0541 e. The Hall–Kier alpha value is -9.56. The summed E-state index contributed by atoms with van der Waals surface area (Å²) in [5.41, 5.74) is 35.2. The number of fused-ring (bicyclic) bond motifs is 3. The van der Waals surface area contributed by atoms with Crippen LogP contribution in [0.4, 0.5) is 0 Å². The molecule has 534 valence electrons. The lowest BCUT2D eigenvalue weighted by Gasteiger charge is -2.27. The van der Waals surface area contributed by atoms with Gasteiger partial charge in [-0.15, -0.1) is 0 Å². The molecular formula is C104H113N. The summed E-state index contributed by atoms with van der Waals surface area (Å²) in [5.74, 6) is 0. The van der Waals surface area contributed by atoms with Crippen LogP contribution in [0.2, 0.25) is 0 Å². The molecule has 0 saturated carbocycles. The van der Waals surface area contributed by atoms with Crippen molar-refractivity contribution < 1.29 is 0 Å². The zero-order chi connectivity index (χ0) is 75.5. The van der Waals surface area contributed by atoms with Crippen LogP contribution >= 0.6 is 0 Å². The molecule has 0 aliphatic heterocycles. The first kappa shape index (κ1) is 73.7. The normalized spacial score (nSPS) is 13.0. The number of para-hydroxylation sites is 1. The summed E-state index contributed by atoms with van der Waals surface area (Å²) in [7, 11) is 0. The average Bonchev–Trinajstić information content (AvgIpc) is 1.58. The third-order valence-corrected chi connectivity index (χ3v) is 21.9. The van der Waals surface area contributed by atoms with Gasteiger partial charge < -0.3 is 4.57 Å². The molecule has 13 aromatic rings. The van der Waals surface area contributed by atoms with Gasteiger partial charge in [0.1, 0.15) is 0 Å². The van der Waals surface area contributed by atoms with Gasteiger partial charge in [-0.05, 0) is 267 Å². The summed E-state index contributed by atoms with van der Waals surface area (Å²) in [6, 6.07) is 97.1.